The quantitative estimate of drug-likeness (QED) is 0.647. The van der Waals surface area contributed by atoms with E-state index in [1.165, 1.54) is 12.0 Å². The fourth-order valence-corrected chi connectivity index (χ4v) is 3.39. The van der Waals surface area contributed by atoms with E-state index in [-0.39, 0.29) is 22.2 Å². The maximum Gasteiger partial charge on any atom is 0.272 e. The van der Waals surface area contributed by atoms with Crippen molar-refractivity contribution in [2.75, 3.05) is 0 Å². The second-order valence-electron chi connectivity index (χ2n) is 6.47. The molecule has 2 aromatic carbocycles. The summed E-state index contributed by atoms with van der Waals surface area (Å²) in [6.07, 6.45) is 3.42. The Morgan fingerprint density at radius 1 is 1.17 bits per heavy atom. The van der Waals surface area contributed by atoms with Crippen LogP contribution in [0.1, 0.15) is 48.9 Å². The SMILES string of the molecule is Cc1ccc([C@@H](C)NC2(c3ccccc3)CCC2)cc1[N+](=O)[O-]. The molecule has 4 nitrogen and oxygen atoms in total. The number of rotatable bonds is 5. The van der Waals surface area contributed by atoms with Crippen molar-refractivity contribution in [3.8, 4) is 0 Å². The summed E-state index contributed by atoms with van der Waals surface area (Å²) < 4.78 is 0. The lowest BCUT2D eigenvalue weighted by atomic mass is 9.71. The Kier molecular flexibility index (Phi) is 4.18. The molecule has 0 heterocycles. The van der Waals surface area contributed by atoms with E-state index in [2.05, 4.69) is 36.5 Å². The summed E-state index contributed by atoms with van der Waals surface area (Å²) in [5.41, 5.74) is 3.16. The number of nitrogens with one attached hydrogen (secondary N) is 1. The van der Waals surface area contributed by atoms with Gasteiger partial charge < -0.3 is 5.32 Å². The van der Waals surface area contributed by atoms with Crippen LogP contribution in [0.2, 0.25) is 0 Å². The highest BCUT2D eigenvalue weighted by Crippen LogP contribution is 2.43. The molecule has 0 saturated heterocycles. The first-order chi connectivity index (χ1) is 11.0. The average Bonchev–Trinajstić information content (AvgIpc) is 2.51. The number of benzene rings is 2. The van der Waals surface area contributed by atoms with Gasteiger partial charge in [-0.2, -0.15) is 0 Å². The number of hydrogen-bond acceptors (Lipinski definition) is 3. The molecule has 1 atom stereocenters. The van der Waals surface area contributed by atoms with Gasteiger partial charge in [-0.25, -0.2) is 0 Å². The monoisotopic (exact) mass is 310 g/mol. The van der Waals surface area contributed by atoms with E-state index in [0.717, 1.165) is 18.4 Å². The highest BCUT2D eigenvalue weighted by molar-refractivity contribution is 5.43. The van der Waals surface area contributed by atoms with Gasteiger partial charge in [0, 0.05) is 23.2 Å². The molecule has 1 N–H and O–H groups in total. The Hall–Kier alpha value is -2.20. The van der Waals surface area contributed by atoms with Crippen LogP contribution < -0.4 is 5.32 Å². The van der Waals surface area contributed by atoms with Gasteiger partial charge in [0.25, 0.3) is 5.69 Å². The van der Waals surface area contributed by atoms with Crippen LogP contribution >= 0.6 is 0 Å². The van der Waals surface area contributed by atoms with E-state index < -0.39 is 0 Å². The smallest absolute Gasteiger partial charge is 0.272 e. The highest BCUT2D eigenvalue weighted by Gasteiger charge is 2.39. The van der Waals surface area contributed by atoms with E-state index >= 15 is 0 Å². The Balaban J connectivity index is 1.85. The second kappa shape index (κ2) is 6.13. The molecule has 0 aliphatic heterocycles. The number of nitro groups is 1. The second-order valence-corrected chi connectivity index (χ2v) is 6.47. The minimum atomic E-state index is -0.304. The van der Waals surface area contributed by atoms with E-state index in [9.17, 15) is 10.1 Å². The molecule has 1 saturated carbocycles. The molecule has 0 spiro atoms. The van der Waals surface area contributed by atoms with Crippen molar-refractivity contribution in [3.05, 3.63) is 75.3 Å². The predicted octanol–water partition coefficient (Wildman–Crippen LogP) is 4.63. The maximum absolute atomic E-state index is 11.2. The standard InChI is InChI=1S/C19H22N2O2/c1-14-9-10-16(13-18(14)21(22)23)15(2)20-19(11-6-12-19)17-7-4-3-5-8-17/h3-5,7-10,13,15,20H,6,11-12H2,1-2H3/t15-/m1/s1. The van der Waals surface area contributed by atoms with E-state index in [4.69, 9.17) is 0 Å². The van der Waals surface area contributed by atoms with Crippen LogP contribution in [0.25, 0.3) is 0 Å². The van der Waals surface area contributed by atoms with Crippen LogP contribution in [0.15, 0.2) is 48.5 Å². The summed E-state index contributed by atoms with van der Waals surface area (Å²) in [7, 11) is 0. The summed E-state index contributed by atoms with van der Waals surface area (Å²) in [5, 5.41) is 14.9. The van der Waals surface area contributed by atoms with Crippen molar-refractivity contribution in [3.63, 3.8) is 0 Å². The minimum absolute atomic E-state index is 0.000340. The van der Waals surface area contributed by atoms with E-state index in [1.54, 1.807) is 13.0 Å². The molecule has 0 amide bonds. The van der Waals surface area contributed by atoms with Crippen molar-refractivity contribution >= 4 is 5.69 Å². The lowest BCUT2D eigenvalue weighted by Gasteiger charge is -2.45. The molecule has 2 aromatic rings. The Labute approximate surface area is 136 Å². The molecular formula is C19H22N2O2. The van der Waals surface area contributed by atoms with Gasteiger partial charge >= 0.3 is 0 Å². The first kappa shape index (κ1) is 15.7. The normalized spacial score (nSPS) is 17.3. The van der Waals surface area contributed by atoms with Crippen LogP contribution in [0, 0.1) is 17.0 Å². The van der Waals surface area contributed by atoms with E-state index in [0.29, 0.717) is 5.56 Å². The van der Waals surface area contributed by atoms with Gasteiger partial charge in [0.2, 0.25) is 0 Å². The Morgan fingerprint density at radius 2 is 1.87 bits per heavy atom. The van der Waals surface area contributed by atoms with Gasteiger partial charge in [0.15, 0.2) is 0 Å². The summed E-state index contributed by atoms with van der Waals surface area (Å²) in [5.74, 6) is 0. The largest absolute Gasteiger partial charge is 0.301 e. The first-order valence-electron chi connectivity index (χ1n) is 8.10. The number of hydrogen-bond donors (Lipinski definition) is 1. The molecule has 1 aliphatic carbocycles. The number of nitro benzene ring substituents is 1. The van der Waals surface area contributed by atoms with Crippen molar-refractivity contribution in [2.24, 2.45) is 0 Å². The topological polar surface area (TPSA) is 55.2 Å². The molecule has 0 aromatic heterocycles. The van der Waals surface area contributed by atoms with Gasteiger partial charge in [-0.3, -0.25) is 10.1 Å². The number of aryl methyl sites for hydroxylation is 1. The summed E-state index contributed by atoms with van der Waals surface area (Å²) in [6, 6.07) is 16.1. The van der Waals surface area contributed by atoms with Crippen LogP contribution in [0.4, 0.5) is 5.69 Å². The summed E-state index contributed by atoms with van der Waals surface area (Å²) in [6.45, 7) is 3.86. The van der Waals surface area contributed by atoms with Gasteiger partial charge in [-0.05, 0) is 44.2 Å². The molecule has 0 unspecified atom stereocenters. The maximum atomic E-state index is 11.2. The van der Waals surface area contributed by atoms with Crippen LogP contribution in [-0.4, -0.2) is 4.92 Å². The first-order valence-corrected chi connectivity index (χ1v) is 8.10. The molecule has 3 rings (SSSR count). The molecule has 1 fully saturated rings. The van der Waals surface area contributed by atoms with Gasteiger partial charge in [-0.1, -0.05) is 42.5 Å². The molecule has 23 heavy (non-hydrogen) atoms. The Bertz CT molecular complexity index is 709. The fraction of sp³-hybridized carbons (Fsp3) is 0.368. The predicted molar refractivity (Wildman–Crippen MR) is 91.4 cm³/mol. The van der Waals surface area contributed by atoms with Crippen LogP contribution in [-0.2, 0) is 5.54 Å². The van der Waals surface area contributed by atoms with Gasteiger partial charge in [-0.15, -0.1) is 0 Å². The molecule has 0 bridgehead atoms. The van der Waals surface area contributed by atoms with Crippen molar-refractivity contribution in [1.82, 2.24) is 5.32 Å². The third kappa shape index (κ3) is 2.99. The zero-order valence-corrected chi connectivity index (χ0v) is 13.6. The highest BCUT2D eigenvalue weighted by atomic mass is 16.6. The fourth-order valence-electron chi connectivity index (χ4n) is 3.39. The van der Waals surface area contributed by atoms with Crippen LogP contribution in [0.3, 0.4) is 0 Å². The lowest BCUT2D eigenvalue weighted by molar-refractivity contribution is -0.385. The molecule has 0 radical (unpaired) electrons. The molecule has 120 valence electrons. The third-order valence-corrected chi connectivity index (χ3v) is 4.96. The van der Waals surface area contributed by atoms with Gasteiger partial charge in [0.1, 0.15) is 0 Å². The Morgan fingerprint density at radius 3 is 2.43 bits per heavy atom. The van der Waals surface area contributed by atoms with Crippen molar-refractivity contribution in [1.29, 1.82) is 0 Å². The van der Waals surface area contributed by atoms with Crippen molar-refractivity contribution in [2.45, 2.75) is 44.7 Å². The third-order valence-electron chi connectivity index (χ3n) is 4.96. The number of nitrogens with zero attached hydrogens (tertiary/aromatic N) is 1. The molecular weight excluding hydrogens is 288 g/mol. The van der Waals surface area contributed by atoms with E-state index in [1.807, 2.05) is 18.2 Å². The molecule has 4 heteroatoms. The van der Waals surface area contributed by atoms with Crippen LogP contribution in [0.5, 0.6) is 0 Å². The van der Waals surface area contributed by atoms with Gasteiger partial charge in [0.05, 0.1) is 4.92 Å². The zero-order valence-electron chi connectivity index (χ0n) is 13.6. The summed E-state index contributed by atoms with van der Waals surface area (Å²) >= 11 is 0. The zero-order chi connectivity index (χ0) is 16.4. The summed E-state index contributed by atoms with van der Waals surface area (Å²) in [4.78, 5) is 10.9. The lowest BCUT2D eigenvalue weighted by Crippen LogP contribution is -2.49. The minimum Gasteiger partial charge on any atom is -0.301 e. The molecule has 1 aliphatic rings. The van der Waals surface area contributed by atoms with Crippen molar-refractivity contribution < 1.29 is 4.92 Å². The average molecular weight is 310 g/mol.